The number of alkyl halides is 1. The molecule has 56 heavy (non-hydrogen) atoms. The lowest BCUT2D eigenvalue weighted by Gasteiger charge is -2.73. The monoisotopic (exact) mass is 803 g/mol. The maximum absolute atomic E-state index is 15.4. The number of nitrogens with one attached hydrogen (secondary N) is 1. The average molecular weight is 803 g/mol. The molecule has 0 aromatic carbocycles. The molecule has 0 spiro atoms. The summed E-state index contributed by atoms with van der Waals surface area (Å²) in [6.07, 6.45) is 13.3. The fraction of sp³-hybridized carbons (Fsp3) is 0.957. The van der Waals surface area contributed by atoms with Gasteiger partial charge in [-0.2, -0.15) is 0 Å². The normalized spacial score (nSPS) is 48.1. The van der Waals surface area contributed by atoms with Crippen LogP contribution in [0, 0.1) is 73.9 Å². The molecule has 318 valence electrons. The molecule has 0 bridgehead atoms. The van der Waals surface area contributed by atoms with Crippen molar-refractivity contribution in [2.24, 2.45) is 73.9 Å². The number of nitrogens with zero attached hydrogens (tertiary/aromatic N) is 1. The van der Waals surface area contributed by atoms with Gasteiger partial charge in [0.2, 0.25) is 0 Å². The summed E-state index contributed by atoms with van der Waals surface area (Å²) >= 11 is 0. The number of rotatable bonds is 9. The van der Waals surface area contributed by atoms with Crippen molar-refractivity contribution >= 4 is 21.8 Å². The van der Waals surface area contributed by atoms with Gasteiger partial charge in [-0.3, -0.25) is 14.5 Å². The number of aliphatic carboxylic acids is 1. The number of carboxylic acids is 1. The van der Waals surface area contributed by atoms with Crippen LogP contribution >= 0.6 is 0 Å². The van der Waals surface area contributed by atoms with E-state index in [1.54, 1.807) is 6.92 Å². The quantitative estimate of drug-likeness (QED) is 0.224. The first-order valence-electron chi connectivity index (χ1n) is 22.7. The van der Waals surface area contributed by atoms with Crippen molar-refractivity contribution in [3.63, 3.8) is 0 Å². The van der Waals surface area contributed by atoms with E-state index < -0.39 is 33.3 Å². The predicted molar refractivity (Wildman–Crippen MR) is 217 cm³/mol. The van der Waals surface area contributed by atoms with Crippen molar-refractivity contribution in [1.82, 2.24) is 10.2 Å². The Balaban J connectivity index is 1.02. The van der Waals surface area contributed by atoms with Gasteiger partial charge >= 0.3 is 11.9 Å². The molecule has 2 unspecified atom stereocenters. The first-order chi connectivity index (χ1) is 26.0. The molecule has 8 aliphatic rings. The Kier molecular flexibility index (Phi) is 9.90. The largest absolute Gasteiger partial charge is 0.481 e. The zero-order valence-corrected chi connectivity index (χ0v) is 37.0. The van der Waals surface area contributed by atoms with Gasteiger partial charge in [0.05, 0.1) is 29.4 Å². The van der Waals surface area contributed by atoms with Crippen LogP contribution in [0.2, 0.25) is 0 Å². The number of sulfone groups is 1. The van der Waals surface area contributed by atoms with Gasteiger partial charge in [0.1, 0.15) is 12.3 Å². The summed E-state index contributed by atoms with van der Waals surface area (Å²) in [5, 5.41) is 13.9. The highest BCUT2D eigenvalue weighted by Crippen LogP contribution is 2.78. The van der Waals surface area contributed by atoms with Gasteiger partial charge in [0.25, 0.3) is 0 Å². The number of carbonyl (C=O) groups is 2. The number of carboxylic acid groups (broad SMARTS) is 1. The SMILES string of the molecule is CC(F)C(CN[C@]12CC[C@@H](C3(C)CC3)[C@@H]1[C@H]1CC[C@@H]3[C@@]4(C)CC[C@H](OC(=O)[C@H]5C[C@@H](C(=O)O)C5(C)C)C(C)(C)[C@@H]4CC[C@@]3(C)[C@]1(C)CC2)N1CCS(=O)(=O)CC1. The first-order valence-corrected chi connectivity index (χ1v) is 24.5. The molecule has 0 aromatic rings. The molecule has 1 heterocycles. The lowest BCUT2D eigenvalue weighted by Crippen LogP contribution is -2.69. The second kappa shape index (κ2) is 13.4. The second-order valence-electron chi connectivity index (χ2n) is 23.2. The minimum absolute atomic E-state index is 0.00314. The molecule has 8 nitrogen and oxygen atoms in total. The lowest BCUT2D eigenvalue weighted by atomic mass is 9.32. The fourth-order valence-electron chi connectivity index (χ4n) is 16.3. The number of ether oxygens (including phenoxy) is 1. The van der Waals surface area contributed by atoms with E-state index in [1.165, 1.54) is 44.9 Å². The highest BCUT2D eigenvalue weighted by molar-refractivity contribution is 7.91. The fourth-order valence-corrected chi connectivity index (χ4v) is 17.6. The van der Waals surface area contributed by atoms with Gasteiger partial charge in [0.15, 0.2) is 9.84 Å². The van der Waals surface area contributed by atoms with E-state index in [1.807, 2.05) is 13.8 Å². The van der Waals surface area contributed by atoms with Crippen LogP contribution in [0.1, 0.15) is 146 Å². The molecule has 0 aromatic heterocycles. The van der Waals surface area contributed by atoms with Gasteiger partial charge in [-0.15, -0.1) is 0 Å². The van der Waals surface area contributed by atoms with E-state index in [2.05, 4.69) is 51.8 Å². The summed E-state index contributed by atoms with van der Waals surface area (Å²) in [5.74, 6) is 1.27. The number of fused-ring (bicyclic) bond motifs is 7. The molecule has 0 radical (unpaired) electrons. The standard InChI is InChI=1S/C46H75FN2O6S/c1-28(47)33(49-22-24-56(53,54)25-23-49)27-48-46-17-12-29(42(6)18-19-42)37(46)30-10-11-35-43(7)15-14-36(55-39(52)32-26-31(38(50)51)40(32,2)3)41(4,5)34(43)13-16-45(35,9)44(30,8)20-21-46/h28-37,48H,10-27H2,1-9H3,(H,50,51)/t28?,29-,30-,31+,32-,33?,34+,35-,36+,37-,43+,44-,45-,46+/m1/s1. The van der Waals surface area contributed by atoms with Crippen LogP contribution in [0.25, 0.3) is 0 Å². The van der Waals surface area contributed by atoms with E-state index in [-0.39, 0.29) is 62.7 Å². The third-order valence-electron chi connectivity index (χ3n) is 20.5. The number of hydrogen-bond donors (Lipinski definition) is 2. The molecule has 2 N–H and O–H groups in total. The van der Waals surface area contributed by atoms with Crippen LogP contribution < -0.4 is 5.32 Å². The molecule has 1 saturated heterocycles. The van der Waals surface area contributed by atoms with Crippen molar-refractivity contribution in [2.75, 3.05) is 31.1 Å². The molecule has 0 amide bonds. The first kappa shape index (κ1) is 41.5. The number of esters is 1. The van der Waals surface area contributed by atoms with E-state index in [0.29, 0.717) is 61.1 Å². The van der Waals surface area contributed by atoms with Crippen LogP contribution in [0.15, 0.2) is 0 Å². The Morgan fingerprint density at radius 3 is 2.07 bits per heavy atom. The summed E-state index contributed by atoms with van der Waals surface area (Å²) in [7, 11) is -3.04. The minimum Gasteiger partial charge on any atom is -0.481 e. The van der Waals surface area contributed by atoms with Gasteiger partial charge in [-0.05, 0) is 147 Å². The summed E-state index contributed by atoms with van der Waals surface area (Å²) < 4.78 is 46.4. The Morgan fingerprint density at radius 1 is 0.786 bits per heavy atom. The van der Waals surface area contributed by atoms with Crippen molar-refractivity contribution < 1.29 is 32.2 Å². The summed E-state index contributed by atoms with van der Waals surface area (Å²) in [6.45, 7) is 22.1. The minimum atomic E-state index is -3.04. The van der Waals surface area contributed by atoms with Crippen molar-refractivity contribution in [3.8, 4) is 0 Å². The van der Waals surface area contributed by atoms with Gasteiger partial charge < -0.3 is 15.2 Å². The third kappa shape index (κ3) is 6.05. The maximum Gasteiger partial charge on any atom is 0.309 e. The van der Waals surface area contributed by atoms with E-state index >= 15 is 4.39 Å². The number of hydrogen-bond acceptors (Lipinski definition) is 7. The third-order valence-corrected chi connectivity index (χ3v) is 22.1. The summed E-state index contributed by atoms with van der Waals surface area (Å²) in [6, 6.07) is -0.312. The molecule has 8 rings (SSSR count). The molecule has 8 fully saturated rings. The lowest BCUT2D eigenvalue weighted by molar-refractivity contribution is -0.250. The molecular weight excluding hydrogens is 728 g/mol. The van der Waals surface area contributed by atoms with Crippen LogP contribution in [0.3, 0.4) is 0 Å². The van der Waals surface area contributed by atoms with Gasteiger partial charge in [0, 0.05) is 30.6 Å². The van der Waals surface area contributed by atoms with Gasteiger partial charge in [-0.25, -0.2) is 12.8 Å². The maximum atomic E-state index is 15.4. The predicted octanol–water partition coefficient (Wildman–Crippen LogP) is 8.33. The van der Waals surface area contributed by atoms with Crippen molar-refractivity contribution in [3.05, 3.63) is 0 Å². The van der Waals surface area contributed by atoms with E-state index in [0.717, 1.165) is 32.1 Å². The second-order valence-corrected chi connectivity index (χ2v) is 25.6. The summed E-state index contributed by atoms with van der Waals surface area (Å²) in [4.78, 5) is 27.6. The smallest absolute Gasteiger partial charge is 0.309 e. The summed E-state index contributed by atoms with van der Waals surface area (Å²) in [5.41, 5.74) is 0.189. The zero-order valence-electron chi connectivity index (χ0n) is 36.2. The van der Waals surface area contributed by atoms with Crippen molar-refractivity contribution in [1.29, 1.82) is 0 Å². The van der Waals surface area contributed by atoms with Crippen LogP contribution in [0.5, 0.6) is 0 Å². The molecule has 1 aliphatic heterocycles. The van der Waals surface area contributed by atoms with E-state index in [4.69, 9.17) is 4.74 Å². The number of carbonyl (C=O) groups excluding carboxylic acids is 1. The molecular formula is C46H75FN2O6S. The van der Waals surface area contributed by atoms with Crippen LogP contribution in [-0.4, -0.2) is 85.4 Å². The topological polar surface area (TPSA) is 113 Å². The highest BCUT2D eigenvalue weighted by Gasteiger charge is 2.72. The van der Waals surface area contributed by atoms with Gasteiger partial charge in [-0.1, -0.05) is 55.4 Å². The Labute approximate surface area is 337 Å². The van der Waals surface area contributed by atoms with Crippen molar-refractivity contribution in [2.45, 2.75) is 170 Å². The molecule has 7 aliphatic carbocycles. The molecule has 10 heteroatoms. The number of halogens is 1. The Bertz CT molecular complexity index is 1680. The van der Waals surface area contributed by atoms with Crippen LogP contribution in [0.4, 0.5) is 4.39 Å². The Morgan fingerprint density at radius 2 is 1.46 bits per heavy atom. The Hall–Kier alpha value is -1.26. The highest BCUT2D eigenvalue weighted by atomic mass is 32.2. The molecule has 7 saturated carbocycles. The molecule has 14 atom stereocenters. The average Bonchev–Trinajstić information content (AvgIpc) is 3.72. The van der Waals surface area contributed by atoms with E-state index in [9.17, 15) is 23.1 Å². The van der Waals surface area contributed by atoms with Crippen LogP contribution in [-0.2, 0) is 24.2 Å². The zero-order chi connectivity index (χ0) is 40.6.